The Morgan fingerprint density at radius 1 is 1.33 bits per heavy atom. The molecule has 0 radical (unpaired) electrons. The highest BCUT2D eigenvalue weighted by molar-refractivity contribution is 7.84. The third-order valence-corrected chi connectivity index (χ3v) is 4.89. The summed E-state index contributed by atoms with van der Waals surface area (Å²) in [6, 6.07) is 10.3. The maximum Gasteiger partial charge on any atom is 0.315 e. The molecule has 1 aromatic rings. The van der Waals surface area contributed by atoms with E-state index in [-0.39, 0.29) is 12.1 Å². The van der Waals surface area contributed by atoms with Gasteiger partial charge in [0.15, 0.2) is 0 Å². The van der Waals surface area contributed by atoms with Crippen molar-refractivity contribution < 1.29 is 9.00 Å². The van der Waals surface area contributed by atoms with Crippen molar-refractivity contribution >= 4 is 16.8 Å². The molecule has 2 amide bonds. The lowest BCUT2D eigenvalue weighted by Crippen LogP contribution is -2.45. The first-order valence-electron chi connectivity index (χ1n) is 7.44. The van der Waals surface area contributed by atoms with E-state index in [1.54, 1.807) is 6.26 Å². The number of carbonyl (C=O) groups is 1. The quantitative estimate of drug-likeness (QED) is 0.847. The van der Waals surface area contributed by atoms with Crippen LogP contribution in [0.1, 0.15) is 31.2 Å². The zero-order valence-electron chi connectivity index (χ0n) is 12.7. The fourth-order valence-electron chi connectivity index (χ4n) is 2.81. The molecule has 2 N–H and O–H groups in total. The van der Waals surface area contributed by atoms with Gasteiger partial charge in [0.1, 0.15) is 0 Å². The van der Waals surface area contributed by atoms with E-state index in [9.17, 15) is 9.00 Å². The topological polar surface area (TPSA) is 58.2 Å². The molecule has 1 saturated carbocycles. The van der Waals surface area contributed by atoms with Crippen LogP contribution in [0.15, 0.2) is 30.3 Å². The predicted octanol–water partition coefficient (Wildman–Crippen LogP) is 2.25. The summed E-state index contributed by atoms with van der Waals surface area (Å²) in [5, 5.41) is 5.73. The molecule has 0 saturated heterocycles. The first-order chi connectivity index (χ1) is 10.0. The average Bonchev–Trinajstić information content (AvgIpc) is 2.36. The monoisotopic (exact) mass is 308 g/mol. The second kappa shape index (κ2) is 7.59. The van der Waals surface area contributed by atoms with Gasteiger partial charge in [-0.1, -0.05) is 30.3 Å². The number of hydrogen-bond acceptors (Lipinski definition) is 2. The van der Waals surface area contributed by atoms with Crippen LogP contribution in [-0.4, -0.2) is 34.8 Å². The Kier molecular flexibility index (Phi) is 5.79. The van der Waals surface area contributed by atoms with E-state index in [2.05, 4.69) is 34.9 Å². The third kappa shape index (κ3) is 5.16. The smallest absolute Gasteiger partial charge is 0.315 e. The summed E-state index contributed by atoms with van der Waals surface area (Å²) in [4.78, 5) is 11.7. The molecule has 0 aliphatic heterocycles. The third-order valence-electron chi connectivity index (χ3n) is 3.92. The molecule has 0 unspecified atom stereocenters. The van der Waals surface area contributed by atoms with Crippen LogP contribution < -0.4 is 10.6 Å². The molecule has 0 aromatic heterocycles. The Morgan fingerprint density at radius 3 is 2.62 bits per heavy atom. The molecule has 2 atom stereocenters. The summed E-state index contributed by atoms with van der Waals surface area (Å²) in [6.07, 6.45) is 3.92. The van der Waals surface area contributed by atoms with Crippen LogP contribution in [0.5, 0.6) is 0 Å². The lowest BCUT2D eigenvalue weighted by Gasteiger charge is -2.35. The highest BCUT2D eigenvalue weighted by atomic mass is 32.2. The molecular weight excluding hydrogens is 284 g/mol. The number of urea groups is 1. The van der Waals surface area contributed by atoms with E-state index >= 15 is 0 Å². The van der Waals surface area contributed by atoms with Crippen molar-refractivity contribution in [1.29, 1.82) is 0 Å². The van der Waals surface area contributed by atoms with Crippen LogP contribution in [0.25, 0.3) is 0 Å². The van der Waals surface area contributed by atoms with Gasteiger partial charge in [0, 0.05) is 35.4 Å². The van der Waals surface area contributed by atoms with Crippen LogP contribution in [-0.2, 0) is 10.8 Å². The van der Waals surface area contributed by atoms with E-state index in [1.807, 2.05) is 13.0 Å². The molecule has 0 bridgehead atoms. The van der Waals surface area contributed by atoms with Crippen LogP contribution in [0.2, 0.25) is 0 Å². The molecule has 2 rings (SSSR count). The molecular formula is C16H24N2O2S. The molecule has 1 fully saturated rings. The molecule has 5 heteroatoms. The number of rotatable bonds is 6. The fourth-order valence-corrected chi connectivity index (χ4v) is 3.59. The summed E-state index contributed by atoms with van der Waals surface area (Å²) in [7, 11) is -0.884. The first-order valence-corrected chi connectivity index (χ1v) is 9.16. The van der Waals surface area contributed by atoms with Crippen molar-refractivity contribution in [1.82, 2.24) is 10.6 Å². The Labute approximate surface area is 129 Å². The largest absolute Gasteiger partial charge is 0.338 e. The van der Waals surface area contributed by atoms with Crippen LogP contribution in [0.4, 0.5) is 4.79 Å². The Morgan fingerprint density at radius 2 is 2.00 bits per heavy atom. The summed E-state index contributed by atoms with van der Waals surface area (Å²) in [6.45, 7) is 2.59. The fraction of sp³-hybridized carbons (Fsp3) is 0.562. The van der Waals surface area contributed by atoms with Gasteiger partial charge in [0.05, 0.1) is 0 Å². The van der Waals surface area contributed by atoms with E-state index in [4.69, 9.17) is 0 Å². The first kappa shape index (κ1) is 16.0. The van der Waals surface area contributed by atoms with E-state index < -0.39 is 10.8 Å². The highest BCUT2D eigenvalue weighted by Crippen LogP contribution is 2.40. The van der Waals surface area contributed by atoms with Crippen molar-refractivity contribution in [2.45, 2.75) is 31.7 Å². The van der Waals surface area contributed by atoms with Crippen LogP contribution in [0.3, 0.4) is 0 Å². The van der Waals surface area contributed by atoms with Gasteiger partial charge in [0.2, 0.25) is 0 Å². The molecule has 0 heterocycles. The molecule has 21 heavy (non-hydrogen) atoms. The van der Waals surface area contributed by atoms with Gasteiger partial charge >= 0.3 is 6.03 Å². The summed E-state index contributed by atoms with van der Waals surface area (Å²) in [5.74, 6) is 1.70. The highest BCUT2D eigenvalue weighted by Gasteiger charge is 2.30. The number of nitrogens with one attached hydrogen (secondary N) is 2. The molecule has 4 nitrogen and oxygen atoms in total. The summed E-state index contributed by atoms with van der Waals surface area (Å²) < 4.78 is 11.1. The number of hydrogen-bond donors (Lipinski definition) is 2. The lowest BCUT2D eigenvalue weighted by atomic mass is 9.71. The molecule has 1 aromatic carbocycles. The van der Waals surface area contributed by atoms with Gasteiger partial charge in [0.25, 0.3) is 0 Å². The van der Waals surface area contributed by atoms with Crippen LogP contribution >= 0.6 is 0 Å². The van der Waals surface area contributed by atoms with Gasteiger partial charge < -0.3 is 10.6 Å². The van der Waals surface area contributed by atoms with Gasteiger partial charge in [-0.15, -0.1) is 0 Å². The van der Waals surface area contributed by atoms with Crippen molar-refractivity contribution in [3.8, 4) is 0 Å². The molecule has 116 valence electrons. The second-order valence-corrected chi connectivity index (χ2v) is 7.42. The van der Waals surface area contributed by atoms with E-state index in [1.165, 1.54) is 5.56 Å². The summed E-state index contributed by atoms with van der Waals surface area (Å²) in [5.41, 5.74) is 1.40. The SMILES string of the molecule is C[C@@H](C[S@@](C)=O)NC(=O)NCC1CC(c2ccccc2)C1. The minimum atomic E-state index is -0.884. The number of benzene rings is 1. The summed E-state index contributed by atoms with van der Waals surface area (Å²) >= 11 is 0. The van der Waals surface area contributed by atoms with Gasteiger partial charge in [-0.25, -0.2) is 4.79 Å². The predicted molar refractivity (Wildman–Crippen MR) is 86.8 cm³/mol. The minimum absolute atomic E-state index is 0.0608. The standard InChI is InChI=1S/C16H24N2O2S/c1-12(11-21(2)20)18-16(19)17-10-13-8-15(9-13)14-6-4-3-5-7-14/h3-7,12-13,15H,8-11H2,1-2H3,(H2,17,18,19)/t12-,13?,15?,21+/m0/s1. The average molecular weight is 308 g/mol. The Bertz CT molecular complexity index is 486. The van der Waals surface area contributed by atoms with Gasteiger partial charge in [-0.05, 0) is 37.2 Å². The number of carbonyl (C=O) groups excluding carboxylic acids is 1. The zero-order chi connectivity index (χ0) is 15.2. The molecule has 0 spiro atoms. The molecule has 1 aliphatic rings. The van der Waals surface area contributed by atoms with E-state index in [0.717, 1.165) is 19.4 Å². The Balaban J connectivity index is 1.62. The van der Waals surface area contributed by atoms with Crippen molar-refractivity contribution in [2.75, 3.05) is 18.6 Å². The maximum absolute atomic E-state index is 11.7. The second-order valence-electron chi connectivity index (χ2n) is 5.94. The zero-order valence-corrected chi connectivity index (χ0v) is 13.5. The normalized spacial score (nSPS) is 23.7. The number of amides is 2. The lowest BCUT2D eigenvalue weighted by molar-refractivity contribution is 0.223. The Hall–Kier alpha value is -1.36. The minimum Gasteiger partial charge on any atom is -0.338 e. The van der Waals surface area contributed by atoms with E-state index in [0.29, 0.717) is 17.6 Å². The maximum atomic E-state index is 11.7. The van der Waals surface area contributed by atoms with Crippen molar-refractivity contribution in [3.05, 3.63) is 35.9 Å². The van der Waals surface area contributed by atoms with Crippen molar-refractivity contribution in [2.24, 2.45) is 5.92 Å². The van der Waals surface area contributed by atoms with Crippen LogP contribution in [0, 0.1) is 5.92 Å². The van der Waals surface area contributed by atoms with Crippen molar-refractivity contribution in [3.63, 3.8) is 0 Å². The van der Waals surface area contributed by atoms with Gasteiger partial charge in [-0.3, -0.25) is 4.21 Å². The molecule has 1 aliphatic carbocycles. The van der Waals surface area contributed by atoms with Gasteiger partial charge in [-0.2, -0.15) is 0 Å².